The van der Waals surface area contributed by atoms with Gasteiger partial charge in [0.15, 0.2) is 5.84 Å². The van der Waals surface area contributed by atoms with Crippen molar-refractivity contribution >= 4 is 23.3 Å². The zero-order chi connectivity index (χ0) is 14.6. The standard InChI is InChI=1S/C14H23N3OS/c1-14(2,3)9-17(4)10-7-6-8-11(19-5)12(10)13(15)16-18/h6-8,18H,9H2,1-5H3,(H2,15,16). The second kappa shape index (κ2) is 6.19. The van der Waals surface area contributed by atoms with Gasteiger partial charge in [0.2, 0.25) is 0 Å². The van der Waals surface area contributed by atoms with E-state index in [0.29, 0.717) is 0 Å². The minimum absolute atomic E-state index is 0.153. The van der Waals surface area contributed by atoms with Gasteiger partial charge in [0.25, 0.3) is 0 Å². The van der Waals surface area contributed by atoms with Crippen molar-refractivity contribution in [2.75, 3.05) is 24.7 Å². The first-order valence-corrected chi connectivity index (χ1v) is 7.38. The molecule has 0 heterocycles. The summed E-state index contributed by atoms with van der Waals surface area (Å²) in [5.74, 6) is 0.153. The fraction of sp³-hybridized carbons (Fsp3) is 0.500. The number of hydrogen-bond acceptors (Lipinski definition) is 4. The van der Waals surface area contributed by atoms with E-state index in [0.717, 1.165) is 22.7 Å². The van der Waals surface area contributed by atoms with Crippen LogP contribution in [0.3, 0.4) is 0 Å². The van der Waals surface area contributed by atoms with E-state index in [2.05, 4.69) is 30.8 Å². The fourth-order valence-corrected chi connectivity index (χ4v) is 2.74. The van der Waals surface area contributed by atoms with E-state index in [1.54, 1.807) is 11.8 Å². The number of hydrogen-bond donors (Lipinski definition) is 2. The van der Waals surface area contributed by atoms with Crippen LogP contribution in [-0.2, 0) is 0 Å². The largest absolute Gasteiger partial charge is 0.409 e. The Labute approximate surface area is 119 Å². The van der Waals surface area contributed by atoms with Crippen molar-refractivity contribution in [2.24, 2.45) is 16.3 Å². The molecule has 3 N–H and O–H groups in total. The van der Waals surface area contributed by atoms with E-state index in [1.165, 1.54) is 0 Å². The van der Waals surface area contributed by atoms with E-state index in [1.807, 2.05) is 31.5 Å². The maximum Gasteiger partial charge on any atom is 0.173 e. The minimum Gasteiger partial charge on any atom is -0.409 e. The molecule has 0 saturated heterocycles. The van der Waals surface area contributed by atoms with Crippen molar-refractivity contribution in [1.82, 2.24) is 0 Å². The molecule has 5 heteroatoms. The van der Waals surface area contributed by atoms with Gasteiger partial charge in [0.05, 0.1) is 5.56 Å². The van der Waals surface area contributed by atoms with Crippen LogP contribution in [0.1, 0.15) is 26.3 Å². The maximum absolute atomic E-state index is 8.98. The van der Waals surface area contributed by atoms with Gasteiger partial charge in [-0.3, -0.25) is 0 Å². The molecule has 0 aliphatic rings. The average molecular weight is 281 g/mol. The zero-order valence-electron chi connectivity index (χ0n) is 12.3. The van der Waals surface area contributed by atoms with Gasteiger partial charge in [-0.25, -0.2) is 0 Å². The van der Waals surface area contributed by atoms with Gasteiger partial charge in [0.1, 0.15) is 0 Å². The number of benzene rings is 1. The summed E-state index contributed by atoms with van der Waals surface area (Å²) in [4.78, 5) is 3.15. The predicted molar refractivity (Wildman–Crippen MR) is 83.5 cm³/mol. The van der Waals surface area contributed by atoms with E-state index >= 15 is 0 Å². The fourth-order valence-electron chi connectivity index (χ4n) is 2.11. The molecule has 106 valence electrons. The van der Waals surface area contributed by atoms with Crippen LogP contribution in [0.15, 0.2) is 28.3 Å². The molecule has 0 saturated carbocycles. The Balaban J connectivity index is 3.27. The second-order valence-electron chi connectivity index (χ2n) is 5.76. The van der Waals surface area contributed by atoms with E-state index in [9.17, 15) is 0 Å². The first-order chi connectivity index (χ1) is 8.80. The number of thioether (sulfide) groups is 1. The van der Waals surface area contributed by atoms with E-state index < -0.39 is 0 Å². The molecular formula is C14H23N3OS. The predicted octanol–water partition coefficient (Wildman–Crippen LogP) is 2.99. The van der Waals surface area contributed by atoms with Crippen LogP contribution in [0.4, 0.5) is 5.69 Å². The SMILES string of the molecule is CSc1cccc(N(C)CC(C)(C)C)c1/C(N)=N/O. The molecule has 0 fully saturated rings. The number of oxime groups is 1. The summed E-state index contributed by atoms with van der Waals surface area (Å²) >= 11 is 1.59. The summed E-state index contributed by atoms with van der Waals surface area (Å²) in [5, 5.41) is 12.1. The van der Waals surface area contributed by atoms with Crippen molar-refractivity contribution in [3.63, 3.8) is 0 Å². The molecule has 0 spiro atoms. The molecule has 0 aliphatic heterocycles. The Morgan fingerprint density at radius 1 is 1.42 bits per heavy atom. The minimum atomic E-state index is 0.153. The second-order valence-corrected chi connectivity index (χ2v) is 6.60. The third-order valence-electron chi connectivity index (χ3n) is 2.71. The lowest BCUT2D eigenvalue weighted by Crippen LogP contribution is -2.31. The van der Waals surface area contributed by atoms with Crippen LogP contribution < -0.4 is 10.6 Å². The van der Waals surface area contributed by atoms with Gasteiger partial charge in [-0.2, -0.15) is 0 Å². The van der Waals surface area contributed by atoms with Crippen molar-refractivity contribution in [2.45, 2.75) is 25.7 Å². The molecule has 19 heavy (non-hydrogen) atoms. The van der Waals surface area contributed by atoms with E-state index in [-0.39, 0.29) is 11.3 Å². The van der Waals surface area contributed by atoms with Crippen molar-refractivity contribution < 1.29 is 5.21 Å². The lowest BCUT2D eigenvalue weighted by molar-refractivity contribution is 0.318. The quantitative estimate of drug-likeness (QED) is 0.293. The maximum atomic E-state index is 8.98. The van der Waals surface area contributed by atoms with Gasteiger partial charge in [-0.15, -0.1) is 11.8 Å². The lowest BCUT2D eigenvalue weighted by atomic mass is 9.95. The van der Waals surface area contributed by atoms with Crippen LogP contribution in [0.5, 0.6) is 0 Å². The molecule has 0 unspecified atom stereocenters. The van der Waals surface area contributed by atoms with Crippen LogP contribution in [0.2, 0.25) is 0 Å². The summed E-state index contributed by atoms with van der Waals surface area (Å²) in [5.41, 5.74) is 7.79. The number of nitrogens with two attached hydrogens (primary N) is 1. The van der Waals surface area contributed by atoms with Gasteiger partial charge in [0, 0.05) is 24.2 Å². The summed E-state index contributed by atoms with van der Waals surface area (Å²) < 4.78 is 0. The lowest BCUT2D eigenvalue weighted by Gasteiger charge is -2.30. The molecule has 0 bridgehead atoms. The number of rotatable bonds is 4. The summed E-state index contributed by atoms with van der Waals surface area (Å²) in [7, 11) is 2.03. The highest BCUT2D eigenvalue weighted by molar-refractivity contribution is 7.98. The van der Waals surface area contributed by atoms with Crippen LogP contribution >= 0.6 is 11.8 Å². The molecule has 4 nitrogen and oxygen atoms in total. The molecule has 0 aromatic heterocycles. The van der Waals surface area contributed by atoms with Crippen molar-refractivity contribution in [3.8, 4) is 0 Å². The van der Waals surface area contributed by atoms with Crippen molar-refractivity contribution in [3.05, 3.63) is 23.8 Å². The molecule has 1 aromatic carbocycles. The highest BCUT2D eigenvalue weighted by Gasteiger charge is 2.19. The summed E-state index contributed by atoms with van der Waals surface area (Å²) in [6, 6.07) is 5.97. The number of nitrogens with zero attached hydrogens (tertiary/aromatic N) is 2. The smallest absolute Gasteiger partial charge is 0.173 e. The Kier molecular flexibility index (Phi) is 5.11. The third kappa shape index (κ3) is 4.06. The van der Waals surface area contributed by atoms with Gasteiger partial charge >= 0.3 is 0 Å². The highest BCUT2D eigenvalue weighted by Crippen LogP contribution is 2.30. The Hall–Kier alpha value is -1.36. The first kappa shape index (κ1) is 15.7. The zero-order valence-corrected chi connectivity index (χ0v) is 13.1. The Morgan fingerprint density at radius 3 is 2.53 bits per heavy atom. The Morgan fingerprint density at radius 2 is 2.05 bits per heavy atom. The molecule has 0 atom stereocenters. The number of amidine groups is 1. The van der Waals surface area contributed by atoms with E-state index in [4.69, 9.17) is 10.9 Å². The van der Waals surface area contributed by atoms with Crippen LogP contribution in [-0.4, -0.2) is 30.9 Å². The van der Waals surface area contributed by atoms with Crippen LogP contribution in [0.25, 0.3) is 0 Å². The highest BCUT2D eigenvalue weighted by atomic mass is 32.2. The molecular weight excluding hydrogens is 258 g/mol. The molecule has 0 amide bonds. The summed E-state index contributed by atoms with van der Waals surface area (Å²) in [6.07, 6.45) is 1.98. The summed E-state index contributed by atoms with van der Waals surface area (Å²) in [6.45, 7) is 7.44. The third-order valence-corrected chi connectivity index (χ3v) is 3.49. The Bertz CT molecular complexity index is 466. The number of anilines is 1. The molecule has 1 rings (SSSR count). The molecule has 0 radical (unpaired) electrons. The normalized spacial score (nSPS) is 12.6. The van der Waals surface area contributed by atoms with Gasteiger partial charge < -0.3 is 15.8 Å². The van der Waals surface area contributed by atoms with Crippen molar-refractivity contribution in [1.29, 1.82) is 0 Å². The van der Waals surface area contributed by atoms with Crippen LogP contribution in [0, 0.1) is 5.41 Å². The topological polar surface area (TPSA) is 61.8 Å². The monoisotopic (exact) mass is 281 g/mol. The first-order valence-electron chi connectivity index (χ1n) is 6.16. The molecule has 1 aromatic rings. The average Bonchev–Trinajstić information content (AvgIpc) is 2.34. The van der Waals surface area contributed by atoms with Gasteiger partial charge in [-0.1, -0.05) is 32.0 Å². The molecule has 0 aliphatic carbocycles. The van der Waals surface area contributed by atoms with Gasteiger partial charge in [-0.05, 0) is 23.8 Å².